The normalized spacial score (nSPS) is 18.0. The molecule has 3 rings (SSSR count). The topological polar surface area (TPSA) is 82.0 Å². The fourth-order valence-electron chi connectivity index (χ4n) is 4.04. The maximum atomic E-state index is 11.4. The van der Waals surface area contributed by atoms with Gasteiger partial charge in [-0.2, -0.15) is 0 Å². The number of para-hydroxylation sites is 1. The van der Waals surface area contributed by atoms with Crippen molar-refractivity contribution in [1.82, 2.24) is 5.32 Å². The van der Waals surface area contributed by atoms with E-state index in [1.165, 1.54) is 0 Å². The van der Waals surface area contributed by atoms with Crippen molar-refractivity contribution in [2.75, 3.05) is 24.5 Å². The molecule has 0 aliphatic carbocycles. The first kappa shape index (κ1) is 23.6. The van der Waals surface area contributed by atoms with Gasteiger partial charge >= 0.3 is 5.97 Å². The number of anilines is 1. The van der Waals surface area contributed by atoms with Crippen LogP contribution < -0.4 is 9.62 Å². The van der Waals surface area contributed by atoms with E-state index >= 15 is 0 Å². The van der Waals surface area contributed by atoms with E-state index in [9.17, 15) is 13.9 Å². The van der Waals surface area contributed by atoms with Crippen molar-refractivity contribution in [2.24, 2.45) is 0 Å². The Morgan fingerprint density at radius 1 is 1.10 bits per heavy atom. The Bertz CT molecular complexity index is 903. The Labute approximate surface area is 187 Å². The summed E-state index contributed by atoms with van der Waals surface area (Å²) in [5.74, 6) is -0.120. The summed E-state index contributed by atoms with van der Waals surface area (Å²) in [6.45, 7) is 5.03. The Kier molecular flexibility index (Phi) is 8.00. The number of ether oxygens (including phenoxy) is 1. The number of unbranched alkanes of at least 4 members (excludes halogenated alkanes) is 3. The number of nitrogens with zero attached hydrogens (tertiary/aromatic N) is 1. The molecule has 31 heavy (non-hydrogen) atoms. The van der Waals surface area contributed by atoms with Crippen LogP contribution in [0.25, 0.3) is 0 Å². The van der Waals surface area contributed by atoms with Gasteiger partial charge in [0, 0.05) is 13.5 Å². The number of fused-ring (bicyclic) bond motifs is 2. The minimum Gasteiger partial charge on any atom is -0.466 e. The molecule has 1 aliphatic rings. The third-order valence-corrected chi connectivity index (χ3v) is 7.61. The molecule has 0 amide bonds. The third kappa shape index (κ3) is 5.41. The van der Waals surface area contributed by atoms with E-state index in [0.29, 0.717) is 17.9 Å². The molecule has 7 heteroatoms. The molecular formula is C24H34N2O4S. The Hall–Kier alpha value is -2.06. The third-order valence-electron chi connectivity index (χ3n) is 5.71. The molecule has 0 saturated carbocycles. The van der Waals surface area contributed by atoms with Crippen LogP contribution in [0.15, 0.2) is 47.4 Å². The molecule has 3 N–H and O–H groups in total. The first-order valence-electron chi connectivity index (χ1n) is 11.0. The van der Waals surface area contributed by atoms with Gasteiger partial charge in [0.05, 0.1) is 23.2 Å². The molecule has 0 saturated heterocycles. The Morgan fingerprint density at radius 3 is 2.61 bits per heavy atom. The van der Waals surface area contributed by atoms with Crippen molar-refractivity contribution in [3.8, 4) is 0 Å². The second-order valence-corrected chi connectivity index (χ2v) is 10.00. The van der Waals surface area contributed by atoms with Crippen LogP contribution in [-0.4, -0.2) is 35.3 Å². The summed E-state index contributed by atoms with van der Waals surface area (Å²) < 4.78 is 28.8. The largest absolute Gasteiger partial charge is 0.466 e. The summed E-state index contributed by atoms with van der Waals surface area (Å²) in [6, 6.07) is 13.7. The molecule has 170 valence electrons. The van der Waals surface area contributed by atoms with Crippen molar-refractivity contribution in [3.05, 3.63) is 59.2 Å². The van der Waals surface area contributed by atoms with Crippen LogP contribution in [0.1, 0.15) is 61.8 Å². The van der Waals surface area contributed by atoms with Crippen molar-refractivity contribution in [2.45, 2.75) is 56.9 Å². The maximum Gasteiger partial charge on any atom is 0.305 e. The minimum atomic E-state index is -3.13. The predicted molar refractivity (Wildman–Crippen MR) is 127 cm³/mol. The Morgan fingerprint density at radius 2 is 1.84 bits per heavy atom. The summed E-state index contributed by atoms with van der Waals surface area (Å²) in [4.78, 5) is 12.0. The van der Waals surface area contributed by atoms with Crippen LogP contribution in [0, 0.1) is 6.92 Å². The van der Waals surface area contributed by atoms with E-state index in [2.05, 4.69) is 5.32 Å². The number of carbonyl (C=O) groups is 1. The quantitative estimate of drug-likeness (QED) is 0.340. The zero-order valence-corrected chi connectivity index (χ0v) is 19.5. The average molecular weight is 447 g/mol. The number of hydrogen-bond acceptors (Lipinski definition) is 6. The Balaban J connectivity index is 1.71. The number of aryl methyl sites for hydroxylation is 1. The van der Waals surface area contributed by atoms with E-state index in [4.69, 9.17) is 4.74 Å². The highest BCUT2D eigenvalue weighted by atomic mass is 32.3. The van der Waals surface area contributed by atoms with Crippen LogP contribution in [0.4, 0.5) is 5.69 Å². The van der Waals surface area contributed by atoms with Crippen LogP contribution in [-0.2, 0) is 9.53 Å². The van der Waals surface area contributed by atoms with E-state index in [0.717, 1.165) is 54.6 Å². The van der Waals surface area contributed by atoms with E-state index < -0.39 is 10.8 Å². The molecule has 1 atom stereocenters. The average Bonchev–Trinajstić information content (AvgIpc) is 2.81. The van der Waals surface area contributed by atoms with Crippen LogP contribution >= 0.6 is 10.8 Å². The molecule has 2 aromatic carbocycles. The van der Waals surface area contributed by atoms with Crippen molar-refractivity contribution < 1.29 is 18.6 Å². The van der Waals surface area contributed by atoms with E-state index in [-0.39, 0.29) is 12.0 Å². The smallest absolute Gasteiger partial charge is 0.305 e. The lowest BCUT2D eigenvalue weighted by molar-refractivity contribution is -0.143. The SMILES string of the molecule is CCOC(=O)CCCCCCNC1c2ccccc2N(C)S(O)(O)c2cc(C)ccc21. The molecule has 0 aromatic heterocycles. The van der Waals surface area contributed by atoms with Gasteiger partial charge in [0.25, 0.3) is 0 Å². The highest BCUT2D eigenvalue weighted by molar-refractivity contribution is 8.25. The monoisotopic (exact) mass is 446 g/mol. The van der Waals surface area contributed by atoms with E-state index in [1.807, 2.05) is 56.3 Å². The first-order valence-corrected chi connectivity index (χ1v) is 12.5. The lowest BCUT2D eigenvalue weighted by Gasteiger charge is -2.41. The number of hydrogen-bond donors (Lipinski definition) is 3. The molecule has 1 unspecified atom stereocenters. The van der Waals surface area contributed by atoms with Gasteiger partial charge < -0.3 is 10.1 Å². The van der Waals surface area contributed by atoms with E-state index in [1.54, 1.807) is 11.4 Å². The van der Waals surface area contributed by atoms with Crippen LogP contribution in [0.3, 0.4) is 0 Å². The molecule has 0 bridgehead atoms. The number of esters is 1. The number of carbonyl (C=O) groups excluding carboxylic acids is 1. The second-order valence-electron chi connectivity index (χ2n) is 7.97. The molecule has 2 aromatic rings. The van der Waals surface area contributed by atoms with Crippen molar-refractivity contribution in [3.63, 3.8) is 0 Å². The highest BCUT2D eigenvalue weighted by Crippen LogP contribution is 2.58. The highest BCUT2D eigenvalue weighted by Gasteiger charge is 2.34. The molecule has 1 aliphatic heterocycles. The van der Waals surface area contributed by atoms with Gasteiger partial charge in [-0.05, 0) is 62.1 Å². The van der Waals surface area contributed by atoms with Gasteiger partial charge in [-0.15, -0.1) is 0 Å². The second kappa shape index (κ2) is 10.5. The minimum absolute atomic E-state index is 0.120. The fourth-order valence-corrected chi connectivity index (χ4v) is 5.62. The zero-order chi connectivity index (χ0) is 22.4. The summed E-state index contributed by atoms with van der Waals surface area (Å²) in [5.41, 5.74) is 3.77. The van der Waals surface area contributed by atoms with Gasteiger partial charge in [0.1, 0.15) is 0 Å². The number of nitrogens with one attached hydrogen (secondary N) is 1. The lowest BCUT2D eigenvalue weighted by Crippen LogP contribution is -2.24. The van der Waals surface area contributed by atoms with Gasteiger partial charge in [-0.3, -0.25) is 18.2 Å². The van der Waals surface area contributed by atoms with Gasteiger partial charge in [-0.25, -0.2) is 0 Å². The van der Waals surface area contributed by atoms with Gasteiger partial charge in [-0.1, -0.05) is 53.9 Å². The summed E-state index contributed by atoms with van der Waals surface area (Å²) in [7, 11) is -1.39. The summed E-state index contributed by atoms with van der Waals surface area (Å²) >= 11 is 0. The molecule has 1 heterocycles. The molecular weight excluding hydrogens is 412 g/mol. The summed E-state index contributed by atoms with van der Waals surface area (Å²) in [5, 5.41) is 3.64. The summed E-state index contributed by atoms with van der Waals surface area (Å²) in [6.07, 6.45) is 4.32. The molecule has 6 nitrogen and oxygen atoms in total. The molecule has 0 radical (unpaired) electrons. The fraction of sp³-hybridized carbons (Fsp3) is 0.458. The van der Waals surface area contributed by atoms with Gasteiger partial charge in [0.15, 0.2) is 0 Å². The zero-order valence-electron chi connectivity index (χ0n) is 18.6. The predicted octanol–water partition coefficient (Wildman–Crippen LogP) is 5.66. The first-order chi connectivity index (χ1) is 14.9. The number of rotatable bonds is 9. The maximum absolute atomic E-state index is 11.4. The van der Waals surface area contributed by atoms with Crippen LogP contribution in [0.5, 0.6) is 0 Å². The number of benzene rings is 2. The lowest BCUT2D eigenvalue weighted by atomic mass is 9.96. The van der Waals surface area contributed by atoms with Crippen molar-refractivity contribution >= 4 is 22.4 Å². The van der Waals surface area contributed by atoms with Gasteiger partial charge in [0.2, 0.25) is 0 Å². The molecule has 0 spiro atoms. The van der Waals surface area contributed by atoms with Crippen molar-refractivity contribution in [1.29, 1.82) is 0 Å². The standard InChI is InChI=1S/C24H34N2O4S/c1-4-30-23(27)13-7-5-6-10-16-25-24-19-11-8-9-12-21(19)26(3)31(28,29)22-17-18(2)14-15-20(22)24/h8-9,11-12,14-15,17,24-25,28-29H,4-7,10,13,16H2,1-3H3. The van der Waals surface area contributed by atoms with Crippen LogP contribution in [0.2, 0.25) is 0 Å². The molecule has 0 fully saturated rings.